The van der Waals surface area contributed by atoms with Crippen molar-refractivity contribution in [3.63, 3.8) is 0 Å². The number of amides is 2. The number of anilines is 3. The number of hydrogen-bond acceptors (Lipinski definition) is 10. The normalized spacial score (nSPS) is 10.1. The Hall–Kier alpha value is -2.21. The highest BCUT2D eigenvalue weighted by molar-refractivity contribution is 8.01. The van der Waals surface area contributed by atoms with Gasteiger partial charge in [-0.25, -0.2) is 4.63 Å². The van der Waals surface area contributed by atoms with Crippen LogP contribution in [0.1, 0.15) is 0 Å². The van der Waals surface area contributed by atoms with E-state index in [9.17, 15) is 9.59 Å². The third-order valence-electron chi connectivity index (χ3n) is 1.69. The first-order chi connectivity index (χ1) is 9.19. The molecule has 2 rings (SSSR count). The molecule has 0 spiro atoms. The molecule has 0 radical (unpaired) electrons. The largest absolute Gasteiger partial charge is 0.374 e. The summed E-state index contributed by atoms with van der Waals surface area (Å²) in [7, 11) is 0. The number of hydrogen-bond donors (Lipinski definition) is 3. The summed E-state index contributed by atoms with van der Waals surface area (Å²) in [5.41, 5.74) is 5.41. The highest BCUT2D eigenvalue weighted by Gasteiger charge is 2.13. The summed E-state index contributed by atoms with van der Waals surface area (Å²) in [5, 5.41) is 19.2. The summed E-state index contributed by atoms with van der Waals surface area (Å²) in [4.78, 5) is 21.9. The third-order valence-corrected chi connectivity index (χ3v) is 3.58. The fourth-order valence-electron chi connectivity index (χ4n) is 0.995. The standard InChI is InChI=1S/C7H7N7O3S2/c8-6-11-12-7(19-6)18-1-3(16)10-5-4(9-2-15)13-17-14-5/h2H,1H2,(H2,8,11)(H,9,13,15)(H,10,14,16). The molecule has 12 heteroatoms. The molecule has 0 aromatic carbocycles. The van der Waals surface area contributed by atoms with E-state index in [1.54, 1.807) is 0 Å². The van der Waals surface area contributed by atoms with Gasteiger partial charge in [-0.15, -0.1) is 10.2 Å². The van der Waals surface area contributed by atoms with Gasteiger partial charge in [-0.2, -0.15) is 0 Å². The molecule has 2 aromatic rings. The van der Waals surface area contributed by atoms with Gasteiger partial charge >= 0.3 is 0 Å². The Morgan fingerprint density at radius 2 is 2.21 bits per heavy atom. The zero-order chi connectivity index (χ0) is 13.7. The lowest BCUT2D eigenvalue weighted by Crippen LogP contribution is -2.15. The first-order valence-corrected chi connectivity index (χ1v) is 6.53. The number of carbonyl (C=O) groups excluding carboxylic acids is 2. The average Bonchev–Trinajstić information content (AvgIpc) is 2.97. The van der Waals surface area contributed by atoms with Crippen molar-refractivity contribution in [3.8, 4) is 0 Å². The molecular weight excluding hydrogens is 294 g/mol. The Labute approximate surface area is 114 Å². The average molecular weight is 301 g/mol. The molecule has 2 amide bonds. The van der Waals surface area contributed by atoms with Gasteiger partial charge in [0.2, 0.25) is 29.1 Å². The second kappa shape index (κ2) is 6.10. The summed E-state index contributed by atoms with van der Waals surface area (Å²) in [6, 6.07) is 0. The molecule has 0 atom stereocenters. The Morgan fingerprint density at radius 3 is 2.89 bits per heavy atom. The number of thioether (sulfide) groups is 1. The number of nitrogens with one attached hydrogen (secondary N) is 2. The lowest BCUT2D eigenvalue weighted by Gasteiger charge is -2.00. The summed E-state index contributed by atoms with van der Waals surface area (Å²) in [5.74, 6) is -0.200. The number of nitrogens with zero attached hydrogens (tertiary/aromatic N) is 4. The number of nitrogen functional groups attached to an aromatic ring is 1. The molecule has 0 aliphatic heterocycles. The monoisotopic (exact) mass is 301 g/mol. The minimum atomic E-state index is -0.358. The molecule has 0 aliphatic rings. The Morgan fingerprint density at radius 1 is 1.42 bits per heavy atom. The Bertz CT molecular complexity index is 583. The van der Waals surface area contributed by atoms with E-state index in [2.05, 4.69) is 35.8 Å². The fourth-order valence-corrected chi connectivity index (χ4v) is 2.43. The minimum absolute atomic E-state index is 0.0357. The van der Waals surface area contributed by atoms with Gasteiger partial charge in [0, 0.05) is 0 Å². The Kier molecular flexibility index (Phi) is 4.25. The quantitative estimate of drug-likeness (QED) is 0.487. The molecule has 0 aliphatic carbocycles. The van der Waals surface area contributed by atoms with Crippen LogP contribution in [0.3, 0.4) is 0 Å². The van der Waals surface area contributed by atoms with Crippen molar-refractivity contribution in [2.24, 2.45) is 0 Å². The van der Waals surface area contributed by atoms with Crippen LogP contribution < -0.4 is 16.4 Å². The van der Waals surface area contributed by atoms with Crippen molar-refractivity contribution < 1.29 is 14.2 Å². The van der Waals surface area contributed by atoms with E-state index in [0.29, 0.717) is 15.9 Å². The van der Waals surface area contributed by atoms with Gasteiger partial charge in [0.15, 0.2) is 4.34 Å². The van der Waals surface area contributed by atoms with Crippen molar-refractivity contribution in [3.05, 3.63) is 0 Å². The van der Waals surface area contributed by atoms with Crippen molar-refractivity contribution in [1.29, 1.82) is 0 Å². The van der Waals surface area contributed by atoms with Crippen molar-refractivity contribution >= 4 is 52.2 Å². The zero-order valence-electron chi connectivity index (χ0n) is 9.19. The van der Waals surface area contributed by atoms with Crippen LogP contribution in [0.25, 0.3) is 0 Å². The summed E-state index contributed by atoms with van der Waals surface area (Å²) < 4.78 is 4.97. The molecular formula is C7H7N7O3S2. The van der Waals surface area contributed by atoms with Crippen molar-refractivity contribution in [2.45, 2.75) is 4.34 Å². The maximum atomic E-state index is 11.6. The maximum Gasteiger partial charge on any atom is 0.236 e. The van der Waals surface area contributed by atoms with Gasteiger partial charge in [0.25, 0.3) is 0 Å². The molecule has 19 heavy (non-hydrogen) atoms. The summed E-state index contributed by atoms with van der Waals surface area (Å²) in [6.07, 6.45) is 0.397. The van der Waals surface area contributed by atoms with Crippen LogP contribution >= 0.6 is 23.1 Å². The van der Waals surface area contributed by atoms with Crippen LogP contribution in [0.15, 0.2) is 8.97 Å². The molecule has 2 heterocycles. The minimum Gasteiger partial charge on any atom is -0.374 e. The summed E-state index contributed by atoms with van der Waals surface area (Å²) >= 11 is 2.36. The summed E-state index contributed by atoms with van der Waals surface area (Å²) in [6.45, 7) is 0. The molecule has 0 unspecified atom stereocenters. The molecule has 0 saturated carbocycles. The van der Waals surface area contributed by atoms with Crippen LogP contribution in [-0.2, 0) is 9.59 Å². The van der Waals surface area contributed by atoms with E-state index < -0.39 is 0 Å². The molecule has 0 saturated heterocycles. The van der Waals surface area contributed by atoms with Crippen LogP contribution in [0.4, 0.5) is 16.8 Å². The second-order valence-corrected chi connectivity index (χ2v) is 5.20. The topological polar surface area (TPSA) is 149 Å². The molecule has 4 N–H and O–H groups in total. The molecule has 100 valence electrons. The predicted molar refractivity (Wildman–Crippen MR) is 67.7 cm³/mol. The van der Waals surface area contributed by atoms with Gasteiger partial charge < -0.3 is 16.4 Å². The van der Waals surface area contributed by atoms with E-state index in [0.717, 1.165) is 0 Å². The fraction of sp³-hybridized carbons (Fsp3) is 0.143. The lowest BCUT2D eigenvalue weighted by atomic mass is 10.6. The van der Waals surface area contributed by atoms with Crippen LogP contribution in [0.5, 0.6) is 0 Å². The predicted octanol–water partition coefficient (Wildman–Crippen LogP) is -0.198. The first kappa shape index (κ1) is 13.2. The van der Waals surface area contributed by atoms with Crippen LogP contribution in [0, 0.1) is 0 Å². The van der Waals surface area contributed by atoms with E-state index in [4.69, 9.17) is 5.73 Å². The van der Waals surface area contributed by atoms with E-state index in [1.165, 1.54) is 23.1 Å². The molecule has 10 nitrogen and oxygen atoms in total. The van der Waals surface area contributed by atoms with Crippen LogP contribution in [-0.4, -0.2) is 38.6 Å². The number of aromatic nitrogens is 4. The van der Waals surface area contributed by atoms with Gasteiger partial charge in [-0.05, 0) is 10.3 Å². The van der Waals surface area contributed by atoms with Gasteiger partial charge in [-0.3, -0.25) is 9.59 Å². The highest BCUT2D eigenvalue weighted by atomic mass is 32.2. The number of rotatable bonds is 6. The maximum absolute atomic E-state index is 11.6. The lowest BCUT2D eigenvalue weighted by molar-refractivity contribution is -0.113. The van der Waals surface area contributed by atoms with Crippen molar-refractivity contribution in [1.82, 2.24) is 20.5 Å². The van der Waals surface area contributed by atoms with Gasteiger partial charge in [0.1, 0.15) is 0 Å². The van der Waals surface area contributed by atoms with Gasteiger partial charge in [-0.1, -0.05) is 23.1 Å². The number of carbonyl (C=O) groups is 2. The van der Waals surface area contributed by atoms with E-state index >= 15 is 0 Å². The Balaban J connectivity index is 1.87. The molecule has 0 fully saturated rings. The van der Waals surface area contributed by atoms with Gasteiger partial charge in [0.05, 0.1) is 5.75 Å². The molecule has 2 aromatic heterocycles. The van der Waals surface area contributed by atoms with E-state index in [-0.39, 0.29) is 23.3 Å². The first-order valence-electron chi connectivity index (χ1n) is 4.73. The second-order valence-electron chi connectivity index (χ2n) is 2.97. The van der Waals surface area contributed by atoms with E-state index in [1.807, 2.05) is 0 Å². The van der Waals surface area contributed by atoms with Crippen LogP contribution in [0.2, 0.25) is 0 Å². The SMILES string of the molecule is Nc1nnc(SCC(=O)Nc2nonc2NC=O)s1. The number of nitrogens with two attached hydrogens (primary N) is 1. The zero-order valence-corrected chi connectivity index (χ0v) is 10.8. The molecule has 0 bridgehead atoms. The highest BCUT2D eigenvalue weighted by Crippen LogP contribution is 2.23. The third kappa shape index (κ3) is 3.62. The smallest absolute Gasteiger partial charge is 0.236 e. The van der Waals surface area contributed by atoms with Crippen molar-refractivity contribution in [2.75, 3.05) is 22.1 Å².